The molecular weight excluding hydrogens is 414 g/mol. The Morgan fingerprint density at radius 2 is 1.84 bits per heavy atom. The number of para-hydroxylation sites is 2. The topological polar surface area (TPSA) is 79.3 Å². The highest BCUT2D eigenvalue weighted by Crippen LogP contribution is 2.27. The summed E-state index contributed by atoms with van der Waals surface area (Å²) in [7, 11) is 0. The minimum atomic E-state index is -0.627. The van der Waals surface area contributed by atoms with Crippen molar-refractivity contribution in [2.75, 3.05) is 11.4 Å². The number of imidazole rings is 1. The summed E-state index contributed by atoms with van der Waals surface area (Å²) in [4.78, 5) is 32.1. The number of aromatic nitrogens is 2. The van der Waals surface area contributed by atoms with Crippen molar-refractivity contribution >= 4 is 40.5 Å². The highest BCUT2D eigenvalue weighted by Gasteiger charge is 2.31. The first kappa shape index (κ1) is 21.2. The quantitative estimate of drug-likeness (QED) is 0.610. The van der Waals surface area contributed by atoms with Gasteiger partial charge >= 0.3 is 6.03 Å². The van der Waals surface area contributed by atoms with E-state index in [1.54, 1.807) is 17.0 Å². The number of amides is 3. The number of halogens is 1. The summed E-state index contributed by atoms with van der Waals surface area (Å²) in [6.45, 7) is 5.64. The molecule has 31 heavy (non-hydrogen) atoms. The molecule has 1 aromatic heterocycles. The number of carbonyl (C=O) groups is 2. The van der Waals surface area contributed by atoms with E-state index >= 15 is 0 Å². The van der Waals surface area contributed by atoms with Crippen LogP contribution in [0.2, 0.25) is 5.02 Å². The molecule has 0 spiro atoms. The van der Waals surface area contributed by atoms with E-state index in [0.29, 0.717) is 37.0 Å². The summed E-state index contributed by atoms with van der Waals surface area (Å²) >= 11 is 5.92. The van der Waals surface area contributed by atoms with E-state index in [-0.39, 0.29) is 17.9 Å². The lowest BCUT2D eigenvalue weighted by molar-refractivity contribution is -0.123. The third-order valence-electron chi connectivity index (χ3n) is 5.37. The zero-order chi connectivity index (χ0) is 22.0. The maximum Gasteiger partial charge on any atom is 0.324 e. The van der Waals surface area contributed by atoms with E-state index in [4.69, 9.17) is 11.6 Å². The van der Waals surface area contributed by atoms with Crippen LogP contribution in [0.3, 0.4) is 0 Å². The van der Waals surface area contributed by atoms with E-state index < -0.39 is 6.04 Å². The minimum absolute atomic E-state index is 0.204. The lowest BCUT2D eigenvalue weighted by Gasteiger charge is -2.23. The second kappa shape index (κ2) is 8.98. The SMILES string of the molecule is CC(C)CC(NC(=O)N1CCn2c1nc1ccccc12)C(=O)NCc1ccc(Cl)cc1. The Hall–Kier alpha value is -3.06. The predicted octanol–water partition coefficient (Wildman–Crippen LogP) is 3.95. The number of nitrogens with one attached hydrogen (secondary N) is 2. The molecule has 1 atom stereocenters. The van der Waals surface area contributed by atoms with Gasteiger partial charge in [-0.05, 0) is 42.2 Å². The van der Waals surface area contributed by atoms with Crippen molar-refractivity contribution < 1.29 is 9.59 Å². The zero-order valence-corrected chi connectivity index (χ0v) is 18.4. The average molecular weight is 440 g/mol. The second-order valence-electron chi connectivity index (χ2n) is 8.18. The van der Waals surface area contributed by atoms with Gasteiger partial charge in [0.15, 0.2) is 0 Å². The van der Waals surface area contributed by atoms with Crippen molar-refractivity contribution in [1.29, 1.82) is 0 Å². The van der Waals surface area contributed by atoms with Crippen LogP contribution in [0.1, 0.15) is 25.8 Å². The lowest BCUT2D eigenvalue weighted by Crippen LogP contribution is -2.51. The van der Waals surface area contributed by atoms with Crippen molar-refractivity contribution in [2.24, 2.45) is 5.92 Å². The van der Waals surface area contributed by atoms with Crippen molar-refractivity contribution in [3.63, 3.8) is 0 Å². The molecule has 0 saturated carbocycles. The summed E-state index contributed by atoms with van der Waals surface area (Å²) < 4.78 is 2.03. The van der Waals surface area contributed by atoms with Gasteiger partial charge in [0.25, 0.3) is 0 Å². The van der Waals surface area contributed by atoms with Gasteiger partial charge < -0.3 is 15.2 Å². The fraction of sp³-hybridized carbons (Fsp3) is 0.348. The van der Waals surface area contributed by atoms with Gasteiger partial charge in [-0.2, -0.15) is 0 Å². The molecule has 1 aliphatic heterocycles. The third-order valence-corrected chi connectivity index (χ3v) is 5.62. The number of hydrogen-bond acceptors (Lipinski definition) is 3. The molecule has 0 radical (unpaired) electrons. The fourth-order valence-electron chi connectivity index (χ4n) is 3.83. The van der Waals surface area contributed by atoms with Crippen LogP contribution in [-0.2, 0) is 17.9 Å². The van der Waals surface area contributed by atoms with Gasteiger partial charge in [0, 0.05) is 24.7 Å². The summed E-state index contributed by atoms with van der Waals surface area (Å²) in [6.07, 6.45) is 0.544. The number of rotatable bonds is 6. The van der Waals surface area contributed by atoms with Gasteiger partial charge in [-0.1, -0.05) is 49.7 Å². The number of fused-ring (bicyclic) bond motifs is 3. The molecule has 1 aliphatic rings. The van der Waals surface area contributed by atoms with E-state index in [0.717, 1.165) is 16.6 Å². The summed E-state index contributed by atoms with van der Waals surface area (Å²) in [5.41, 5.74) is 2.81. The maximum atomic E-state index is 13.1. The van der Waals surface area contributed by atoms with Gasteiger partial charge in [-0.3, -0.25) is 9.69 Å². The number of hydrogen-bond donors (Lipinski definition) is 2. The molecule has 2 aromatic carbocycles. The Morgan fingerprint density at radius 3 is 2.58 bits per heavy atom. The van der Waals surface area contributed by atoms with Crippen LogP contribution in [0.25, 0.3) is 11.0 Å². The fourth-order valence-corrected chi connectivity index (χ4v) is 3.95. The Balaban J connectivity index is 1.44. The molecule has 1 unspecified atom stereocenters. The summed E-state index contributed by atoms with van der Waals surface area (Å²) in [5.74, 6) is 0.656. The minimum Gasteiger partial charge on any atom is -0.350 e. The first-order chi connectivity index (χ1) is 14.9. The lowest BCUT2D eigenvalue weighted by atomic mass is 10.0. The molecule has 0 fully saturated rings. The van der Waals surface area contributed by atoms with E-state index in [9.17, 15) is 9.59 Å². The largest absolute Gasteiger partial charge is 0.350 e. The molecule has 4 rings (SSSR count). The average Bonchev–Trinajstić information content (AvgIpc) is 3.31. The Kier molecular flexibility index (Phi) is 6.13. The normalized spacial score (nSPS) is 14.0. The van der Waals surface area contributed by atoms with Gasteiger partial charge in [0.05, 0.1) is 11.0 Å². The monoisotopic (exact) mass is 439 g/mol. The van der Waals surface area contributed by atoms with Crippen LogP contribution < -0.4 is 15.5 Å². The molecular formula is C23H26ClN5O2. The van der Waals surface area contributed by atoms with Crippen molar-refractivity contribution in [2.45, 2.75) is 39.4 Å². The zero-order valence-electron chi connectivity index (χ0n) is 17.6. The standard InChI is InChI=1S/C23H26ClN5O2/c1-15(2)13-19(21(30)25-14-16-7-9-17(24)10-8-16)27-23(31)29-12-11-28-20-6-4-3-5-18(20)26-22(28)29/h3-10,15,19H,11-14H2,1-2H3,(H,25,30)(H,27,31). The molecule has 2 N–H and O–H groups in total. The molecule has 162 valence electrons. The van der Waals surface area contributed by atoms with Crippen LogP contribution in [0.15, 0.2) is 48.5 Å². The van der Waals surface area contributed by atoms with Gasteiger partial charge in [-0.25, -0.2) is 9.78 Å². The molecule has 3 amide bonds. The van der Waals surface area contributed by atoms with Gasteiger partial charge in [0.2, 0.25) is 11.9 Å². The van der Waals surface area contributed by atoms with E-state index in [2.05, 4.69) is 15.6 Å². The van der Waals surface area contributed by atoms with Gasteiger partial charge in [-0.15, -0.1) is 0 Å². The first-order valence-electron chi connectivity index (χ1n) is 10.5. The first-order valence-corrected chi connectivity index (χ1v) is 10.9. The highest BCUT2D eigenvalue weighted by atomic mass is 35.5. The third kappa shape index (κ3) is 4.66. The maximum absolute atomic E-state index is 13.1. The summed E-state index contributed by atoms with van der Waals surface area (Å²) in [6, 6.07) is 14.2. The van der Waals surface area contributed by atoms with Crippen LogP contribution in [-0.4, -0.2) is 34.1 Å². The number of urea groups is 1. The van der Waals surface area contributed by atoms with Crippen LogP contribution in [0.5, 0.6) is 0 Å². The Labute approximate surface area is 186 Å². The van der Waals surface area contributed by atoms with Crippen molar-refractivity contribution in [3.8, 4) is 0 Å². The summed E-state index contributed by atoms with van der Waals surface area (Å²) in [5, 5.41) is 6.50. The number of benzene rings is 2. The Morgan fingerprint density at radius 1 is 1.10 bits per heavy atom. The molecule has 3 aromatic rings. The van der Waals surface area contributed by atoms with Crippen LogP contribution in [0.4, 0.5) is 10.7 Å². The molecule has 0 bridgehead atoms. The number of nitrogens with zero attached hydrogens (tertiary/aromatic N) is 3. The molecule has 8 heteroatoms. The number of anilines is 1. The van der Waals surface area contributed by atoms with Crippen molar-refractivity contribution in [1.82, 2.24) is 20.2 Å². The smallest absolute Gasteiger partial charge is 0.324 e. The second-order valence-corrected chi connectivity index (χ2v) is 8.62. The van der Waals surface area contributed by atoms with Gasteiger partial charge in [0.1, 0.15) is 6.04 Å². The molecule has 0 aliphatic carbocycles. The van der Waals surface area contributed by atoms with E-state index in [1.165, 1.54) is 0 Å². The molecule has 7 nitrogen and oxygen atoms in total. The van der Waals surface area contributed by atoms with E-state index in [1.807, 2.05) is 54.8 Å². The van der Waals surface area contributed by atoms with Crippen molar-refractivity contribution in [3.05, 3.63) is 59.1 Å². The highest BCUT2D eigenvalue weighted by molar-refractivity contribution is 6.30. The van der Waals surface area contributed by atoms with Crippen LogP contribution >= 0.6 is 11.6 Å². The molecule has 2 heterocycles. The van der Waals surface area contributed by atoms with Crippen LogP contribution in [0, 0.1) is 5.92 Å². The molecule has 0 saturated heterocycles. The number of carbonyl (C=O) groups excluding carboxylic acids is 2. The Bertz CT molecular complexity index is 1090. The predicted molar refractivity (Wildman–Crippen MR) is 122 cm³/mol.